The van der Waals surface area contributed by atoms with E-state index in [2.05, 4.69) is 5.32 Å². The number of rotatable bonds is 3. The van der Waals surface area contributed by atoms with Crippen LogP contribution >= 0.6 is 0 Å². The van der Waals surface area contributed by atoms with Gasteiger partial charge < -0.3 is 10.2 Å². The monoisotopic (exact) mass is 276 g/mol. The summed E-state index contributed by atoms with van der Waals surface area (Å²) in [4.78, 5) is 25.6. The SMILES string of the molecule is O=C(N[C@H]1CCN(C(=O)c2cccc(F)c2)C1)C1CC1. The van der Waals surface area contributed by atoms with Crippen molar-refractivity contribution in [3.63, 3.8) is 0 Å². The van der Waals surface area contributed by atoms with Crippen LogP contribution in [0, 0.1) is 11.7 Å². The number of amides is 2. The van der Waals surface area contributed by atoms with Gasteiger partial charge in [-0.25, -0.2) is 4.39 Å². The van der Waals surface area contributed by atoms with Crippen LogP contribution in [0.1, 0.15) is 29.6 Å². The van der Waals surface area contributed by atoms with Crippen LogP contribution < -0.4 is 5.32 Å². The molecule has 1 saturated carbocycles. The molecule has 1 aliphatic carbocycles. The van der Waals surface area contributed by atoms with Gasteiger partial charge in [0.05, 0.1) is 0 Å². The maximum atomic E-state index is 13.1. The summed E-state index contributed by atoms with van der Waals surface area (Å²) in [6.07, 6.45) is 2.72. The van der Waals surface area contributed by atoms with Crippen molar-refractivity contribution in [2.75, 3.05) is 13.1 Å². The Bertz CT molecular complexity index is 542. The van der Waals surface area contributed by atoms with Crippen molar-refractivity contribution >= 4 is 11.8 Å². The third-order valence-corrected chi connectivity index (χ3v) is 3.84. The molecular weight excluding hydrogens is 259 g/mol. The Hall–Kier alpha value is -1.91. The number of halogens is 1. The molecule has 1 N–H and O–H groups in total. The van der Waals surface area contributed by atoms with Gasteiger partial charge in [0.1, 0.15) is 5.82 Å². The molecule has 5 heteroatoms. The first-order valence-corrected chi connectivity index (χ1v) is 6.99. The summed E-state index contributed by atoms with van der Waals surface area (Å²) in [7, 11) is 0. The summed E-state index contributed by atoms with van der Waals surface area (Å²) in [5.74, 6) is -0.292. The molecule has 1 aliphatic heterocycles. The zero-order chi connectivity index (χ0) is 14.1. The van der Waals surface area contributed by atoms with Crippen molar-refractivity contribution in [2.45, 2.75) is 25.3 Å². The first kappa shape index (κ1) is 13.1. The smallest absolute Gasteiger partial charge is 0.254 e. The summed E-state index contributed by atoms with van der Waals surface area (Å²) >= 11 is 0. The quantitative estimate of drug-likeness (QED) is 0.911. The zero-order valence-electron chi connectivity index (χ0n) is 11.1. The lowest BCUT2D eigenvalue weighted by Crippen LogP contribution is -2.39. The minimum Gasteiger partial charge on any atom is -0.351 e. The van der Waals surface area contributed by atoms with Crippen molar-refractivity contribution in [1.82, 2.24) is 10.2 Å². The van der Waals surface area contributed by atoms with Crippen LogP contribution in [-0.2, 0) is 4.79 Å². The molecule has 2 amide bonds. The van der Waals surface area contributed by atoms with Gasteiger partial charge in [-0.3, -0.25) is 9.59 Å². The molecule has 2 fully saturated rings. The Labute approximate surface area is 117 Å². The Balaban J connectivity index is 1.58. The van der Waals surface area contributed by atoms with E-state index in [0.29, 0.717) is 18.7 Å². The second-order valence-corrected chi connectivity index (χ2v) is 5.53. The van der Waals surface area contributed by atoms with Crippen LogP contribution in [-0.4, -0.2) is 35.8 Å². The fourth-order valence-electron chi connectivity index (χ4n) is 2.53. The van der Waals surface area contributed by atoms with Crippen LogP contribution in [0.4, 0.5) is 4.39 Å². The number of likely N-dealkylation sites (tertiary alicyclic amines) is 1. The zero-order valence-corrected chi connectivity index (χ0v) is 11.1. The Morgan fingerprint density at radius 1 is 1.25 bits per heavy atom. The highest BCUT2D eigenvalue weighted by Crippen LogP contribution is 2.29. The average molecular weight is 276 g/mol. The van der Waals surface area contributed by atoms with Gasteiger partial charge in [-0.2, -0.15) is 0 Å². The third kappa shape index (κ3) is 2.81. The van der Waals surface area contributed by atoms with Crippen LogP contribution in [0.2, 0.25) is 0 Å². The van der Waals surface area contributed by atoms with Gasteiger partial charge in [0, 0.05) is 30.6 Å². The lowest BCUT2D eigenvalue weighted by molar-refractivity contribution is -0.122. The molecule has 1 heterocycles. The summed E-state index contributed by atoms with van der Waals surface area (Å²) < 4.78 is 13.1. The summed E-state index contributed by atoms with van der Waals surface area (Å²) in [6, 6.07) is 5.74. The van der Waals surface area contributed by atoms with Crippen LogP contribution in [0.3, 0.4) is 0 Å². The van der Waals surface area contributed by atoms with Crippen molar-refractivity contribution in [1.29, 1.82) is 0 Å². The molecule has 0 spiro atoms. The third-order valence-electron chi connectivity index (χ3n) is 3.84. The highest BCUT2D eigenvalue weighted by atomic mass is 19.1. The molecule has 1 atom stereocenters. The molecule has 0 aromatic heterocycles. The van der Waals surface area contributed by atoms with Crippen LogP contribution in [0.15, 0.2) is 24.3 Å². The average Bonchev–Trinajstić information content (AvgIpc) is 3.19. The van der Waals surface area contributed by atoms with Gasteiger partial charge in [0.2, 0.25) is 5.91 Å². The highest BCUT2D eigenvalue weighted by Gasteiger charge is 2.33. The lowest BCUT2D eigenvalue weighted by Gasteiger charge is -2.17. The van der Waals surface area contributed by atoms with E-state index in [0.717, 1.165) is 19.3 Å². The van der Waals surface area contributed by atoms with E-state index in [1.807, 2.05) is 0 Å². The predicted octanol–water partition coefficient (Wildman–Crippen LogP) is 1.57. The predicted molar refractivity (Wildman–Crippen MR) is 71.6 cm³/mol. The molecular formula is C15H17FN2O2. The van der Waals surface area contributed by atoms with Gasteiger partial charge in [-0.05, 0) is 37.5 Å². The molecule has 1 aromatic carbocycles. The maximum absolute atomic E-state index is 13.1. The van der Waals surface area contributed by atoms with Gasteiger partial charge >= 0.3 is 0 Å². The van der Waals surface area contributed by atoms with E-state index < -0.39 is 5.82 Å². The minimum absolute atomic E-state index is 0.0283. The highest BCUT2D eigenvalue weighted by molar-refractivity contribution is 5.94. The van der Waals surface area contributed by atoms with E-state index in [1.54, 1.807) is 11.0 Å². The summed E-state index contributed by atoms with van der Waals surface area (Å²) in [5.41, 5.74) is 0.360. The van der Waals surface area contributed by atoms with E-state index >= 15 is 0 Å². The second kappa shape index (κ2) is 5.23. The van der Waals surface area contributed by atoms with Crippen molar-refractivity contribution in [2.24, 2.45) is 5.92 Å². The number of hydrogen-bond donors (Lipinski definition) is 1. The van der Waals surface area contributed by atoms with Gasteiger partial charge in [0.25, 0.3) is 5.91 Å². The minimum atomic E-state index is -0.409. The molecule has 4 nitrogen and oxygen atoms in total. The van der Waals surface area contributed by atoms with Crippen molar-refractivity contribution in [3.05, 3.63) is 35.6 Å². The molecule has 2 aliphatic rings. The van der Waals surface area contributed by atoms with Crippen LogP contribution in [0.5, 0.6) is 0 Å². The van der Waals surface area contributed by atoms with Gasteiger partial charge in [0.15, 0.2) is 0 Å². The Morgan fingerprint density at radius 3 is 2.75 bits per heavy atom. The number of benzene rings is 1. The first-order valence-electron chi connectivity index (χ1n) is 6.99. The number of carbonyl (C=O) groups excluding carboxylic acids is 2. The van der Waals surface area contributed by atoms with E-state index in [4.69, 9.17) is 0 Å². The van der Waals surface area contributed by atoms with Crippen LogP contribution in [0.25, 0.3) is 0 Å². The van der Waals surface area contributed by atoms with E-state index in [1.165, 1.54) is 18.2 Å². The summed E-state index contributed by atoms with van der Waals surface area (Å²) in [6.45, 7) is 1.11. The Morgan fingerprint density at radius 2 is 2.05 bits per heavy atom. The molecule has 1 saturated heterocycles. The second-order valence-electron chi connectivity index (χ2n) is 5.53. The van der Waals surface area contributed by atoms with E-state index in [-0.39, 0.29) is 23.8 Å². The Kier molecular flexibility index (Phi) is 3.42. The molecule has 0 radical (unpaired) electrons. The van der Waals surface area contributed by atoms with Crippen molar-refractivity contribution in [3.8, 4) is 0 Å². The fourth-order valence-corrected chi connectivity index (χ4v) is 2.53. The molecule has 20 heavy (non-hydrogen) atoms. The number of nitrogens with zero attached hydrogens (tertiary/aromatic N) is 1. The van der Waals surface area contributed by atoms with Crippen molar-refractivity contribution < 1.29 is 14.0 Å². The largest absolute Gasteiger partial charge is 0.351 e. The number of hydrogen-bond acceptors (Lipinski definition) is 2. The number of nitrogens with one attached hydrogen (secondary N) is 1. The molecule has 1 aromatic rings. The van der Waals surface area contributed by atoms with E-state index in [9.17, 15) is 14.0 Å². The number of carbonyl (C=O) groups is 2. The topological polar surface area (TPSA) is 49.4 Å². The lowest BCUT2D eigenvalue weighted by atomic mass is 10.2. The molecule has 0 bridgehead atoms. The molecule has 3 rings (SSSR count). The van der Waals surface area contributed by atoms with Gasteiger partial charge in [-0.15, -0.1) is 0 Å². The summed E-state index contributed by atoms with van der Waals surface area (Å²) in [5, 5.41) is 2.98. The fraction of sp³-hybridized carbons (Fsp3) is 0.467. The maximum Gasteiger partial charge on any atom is 0.254 e. The molecule has 106 valence electrons. The molecule has 0 unspecified atom stereocenters. The standard InChI is InChI=1S/C15H17FN2O2/c16-12-3-1-2-11(8-12)15(20)18-7-6-13(9-18)17-14(19)10-4-5-10/h1-3,8,10,13H,4-7,9H2,(H,17,19)/t13-/m0/s1. The first-order chi connectivity index (χ1) is 9.63. The van der Waals surface area contributed by atoms with Gasteiger partial charge in [-0.1, -0.05) is 6.07 Å². The normalized spacial score (nSPS) is 21.9.